The summed E-state index contributed by atoms with van der Waals surface area (Å²) in [6.45, 7) is 2.58. The fraction of sp³-hybridized carbons (Fsp3) is 0.385. The molecule has 0 saturated carbocycles. The largest absolute Gasteiger partial charge is 0.472 e. The van der Waals surface area contributed by atoms with Gasteiger partial charge in [-0.2, -0.15) is 18.2 Å². The van der Waals surface area contributed by atoms with Crippen molar-refractivity contribution in [1.82, 2.24) is 9.97 Å². The number of halogens is 3. The van der Waals surface area contributed by atoms with Gasteiger partial charge in [-0.25, -0.2) is 4.98 Å². The first kappa shape index (κ1) is 15.1. The normalized spacial score (nSPS) is 11.5. The topological polar surface area (TPSA) is 54.2 Å². The number of nitrogens with one attached hydrogen (secondary N) is 1. The summed E-state index contributed by atoms with van der Waals surface area (Å²) in [7, 11) is 1.66. The number of nitrogens with zero attached hydrogens (tertiary/aromatic N) is 3. The molecular weight excluding hydrogens is 285 g/mol. The molecule has 0 saturated heterocycles. The number of hydrogen-bond donors (Lipinski definition) is 1. The van der Waals surface area contributed by atoms with Gasteiger partial charge in [0.2, 0.25) is 5.95 Å². The number of aromatic nitrogens is 2. The molecule has 0 unspecified atom stereocenters. The summed E-state index contributed by atoms with van der Waals surface area (Å²) in [6.07, 6.45) is -1.47. The third-order valence-electron chi connectivity index (χ3n) is 2.73. The standard InChI is InChI=1S/C13H15F3N4O/c1-3-17-12-18-10(13(14,15)16)6-11(19-12)20(2)7-9-4-5-21-8-9/h4-6,8H,3,7H2,1-2H3,(H,17,18,19). The van der Waals surface area contributed by atoms with Crippen LogP contribution in [0.25, 0.3) is 0 Å². The summed E-state index contributed by atoms with van der Waals surface area (Å²) < 4.78 is 43.6. The maximum Gasteiger partial charge on any atom is 0.433 e. The van der Waals surface area contributed by atoms with Crippen LogP contribution in [0.4, 0.5) is 24.9 Å². The fourth-order valence-electron chi connectivity index (χ4n) is 1.75. The zero-order chi connectivity index (χ0) is 15.5. The van der Waals surface area contributed by atoms with Gasteiger partial charge in [0.1, 0.15) is 5.82 Å². The van der Waals surface area contributed by atoms with E-state index in [1.807, 2.05) is 0 Å². The first-order chi connectivity index (χ1) is 9.90. The molecule has 0 radical (unpaired) electrons. The molecule has 5 nitrogen and oxygen atoms in total. The van der Waals surface area contributed by atoms with Gasteiger partial charge in [-0.3, -0.25) is 0 Å². The number of hydrogen-bond acceptors (Lipinski definition) is 5. The zero-order valence-corrected chi connectivity index (χ0v) is 11.6. The van der Waals surface area contributed by atoms with Crippen LogP contribution in [0, 0.1) is 0 Å². The molecule has 0 spiro atoms. The maximum absolute atomic E-state index is 12.9. The van der Waals surface area contributed by atoms with Gasteiger partial charge in [0.05, 0.1) is 12.5 Å². The first-order valence-electron chi connectivity index (χ1n) is 6.32. The van der Waals surface area contributed by atoms with Crippen molar-refractivity contribution in [3.63, 3.8) is 0 Å². The van der Waals surface area contributed by atoms with Gasteiger partial charge in [-0.05, 0) is 13.0 Å². The van der Waals surface area contributed by atoms with Crippen molar-refractivity contribution in [1.29, 1.82) is 0 Å². The average Bonchev–Trinajstić information content (AvgIpc) is 2.90. The van der Waals surface area contributed by atoms with Gasteiger partial charge in [-0.15, -0.1) is 0 Å². The number of furan rings is 1. The average molecular weight is 300 g/mol. The van der Waals surface area contributed by atoms with Crippen molar-refractivity contribution in [2.45, 2.75) is 19.6 Å². The Morgan fingerprint density at radius 1 is 1.33 bits per heavy atom. The molecule has 114 valence electrons. The van der Waals surface area contributed by atoms with E-state index in [1.165, 1.54) is 12.5 Å². The van der Waals surface area contributed by atoms with E-state index >= 15 is 0 Å². The summed E-state index contributed by atoms with van der Waals surface area (Å²) in [5.41, 5.74) is -0.128. The van der Waals surface area contributed by atoms with Crippen molar-refractivity contribution in [3.05, 3.63) is 35.9 Å². The summed E-state index contributed by atoms with van der Waals surface area (Å²) in [5.74, 6) is 0.149. The van der Waals surface area contributed by atoms with E-state index in [1.54, 1.807) is 24.9 Å². The Morgan fingerprint density at radius 2 is 2.10 bits per heavy atom. The second kappa shape index (κ2) is 6.02. The van der Waals surface area contributed by atoms with E-state index in [0.29, 0.717) is 13.1 Å². The molecule has 0 bridgehead atoms. The smallest absolute Gasteiger partial charge is 0.433 e. The highest BCUT2D eigenvalue weighted by Crippen LogP contribution is 2.30. The van der Waals surface area contributed by atoms with E-state index in [9.17, 15) is 13.2 Å². The molecule has 0 aromatic carbocycles. The summed E-state index contributed by atoms with van der Waals surface area (Å²) in [5, 5.41) is 2.71. The van der Waals surface area contributed by atoms with Gasteiger partial charge >= 0.3 is 6.18 Å². The molecule has 1 N–H and O–H groups in total. The summed E-state index contributed by atoms with van der Waals surface area (Å²) >= 11 is 0. The quantitative estimate of drug-likeness (QED) is 0.919. The third kappa shape index (κ3) is 3.87. The second-order valence-corrected chi connectivity index (χ2v) is 4.45. The Hall–Kier alpha value is -2.25. The van der Waals surface area contributed by atoms with Crippen LogP contribution in [-0.2, 0) is 12.7 Å². The van der Waals surface area contributed by atoms with Gasteiger partial charge in [-0.1, -0.05) is 0 Å². The Kier molecular flexibility index (Phi) is 4.35. The molecule has 0 aliphatic heterocycles. The van der Waals surface area contributed by atoms with Crippen LogP contribution < -0.4 is 10.2 Å². The minimum atomic E-state index is -4.52. The highest BCUT2D eigenvalue weighted by Gasteiger charge is 2.34. The van der Waals surface area contributed by atoms with Gasteiger partial charge in [0.25, 0.3) is 0 Å². The SMILES string of the molecule is CCNc1nc(N(C)Cc2ccoc2)cc(C(F)(F)F)n1. The van der Waals surface area contributed by atoms with Gasteiger partial charge < -0.3 is 14.6 Å². The van der Waals surface area contributed by atoms with Crippen LogP contribution in [0.15, 0.2) is 29.1 Å². The van der Waals surface area contributed by atoms with Crippen LogP contribution in [0.2, 0.25) is 0 Å². The Morgan fingerprint density at radius 3 is 2.67 bits per heavy atom. The van der Waals surface area contributed by atoms with Crippen LogP contribution >= 0.6 is 0 Å². The van der Waals surface area contributed by atoms with E-state index in [-0.39, 0.29) is 11.8 Å². The maximum atomic E-state index is 12.9. The van der Waals surface area contributed by atoms with E-state index < -0.39 is 11.9 Å². The molecule has 2 aromatic heterocycles. The predicted molar refractivity (Wildman–Crippen MR) is 72.0 cm³/mol. The molecule has 0 amide bonds. The third-order valence-corrected chi connectivity index (χ3v) is 2.73. The molecule has 2 heterocycles. The van der Waals surface area contributed by atoms with E-state index in [4.69, 9.17) is 4.42 Å². The lowest BCUT2D eigenvalue weighted by molar-refractivity contribution is -0.141. The van der Waals surface area contributed by atoms with Crippen molar-refractivity contribution in [2.24, 2.45) is 0 Å². The molecule has 0 fully saturated rings. The number of anilines is 2. The van der Waals surface area contributed by atoms with Crippen LogP contribution in [0.5, 0.6) is 0 Å². The molecular formula is C13H15F3N4O. The molecule has 0 aliphatic rings. The molecule has 0 atom stereocenters. The molecule has 2 aromatic rings. The summed E-state index contributed by atoms with van der Waals surface area (Å²) in [4.78, 5) is 9.17. The second-order valence-electron chi connectivity index (χ2n) is 4.45. The van der Waals surface area contributed by atoms with Crippen molar-refractivity contribution >= 4 is 11.8 Å². The first-order valence-corrected chi connectivity index (χ1v) is 6.32. The Balaban J connectivity index is 2.30. The monoisotopic (exact) mass is 300 g/mol. The molecule has 8 heteroatoms. The van der Waals surface area contributed by atoms with Crippen molar-refractivity contribution < 1.29 is 17.6 Å². The van der Waals surface area contributed by atoms with Crippen molar-refractivity contribution in [2.75, 3.05) is 23.8 Å². The lowest BCUT2D eigenvalue weighted by Crippen LogP contribution is -2.20. The van der Waals surface area contributed by atoms with Crippen LogP contribution in [0.3, 0.4) is 0 Å². The summed E-state index contributed by atoms with van der Waals surface area (Å²) in [6, 6.07) is 2.68. The minimum Gasteiger partial charge on any atom is -0.472 e. The van der Waals surface area contributed by atoms with Gasteiger partial charge in [0.15, 0.2) is 5.69 Å². The molecule has 0 aliphatic carbocycles. The predicted octanol–water partition coefficient (Wildman–Crippen LogP) is 3.16. The minimum absolute atomic E-state index is 0.0404. The van der Waals surface area contributed by atoms with Crippen LogP contribution in [0.1, 0.15) is 18.2 Å². The number of alkyl halides is 3. The lowest BCUT2D eigenvalue weighted by Gasteiger charge is -2.19. The van der Waals surface area contributed by atoms with Crippen molar-refractivity contribution in [3.8, 4) is 0 Å². The highest BCUT2D eigenvalue weighted by molar-refractivity contribution is 5.45. The van der Waals surface area contributed by atoms with E-state index in [0.717, 1.165) is 11.6 Å². The highest BCUT2D eigenvalue weighted by atomic mass is 19.4. The fourth-order valence-corrected chi connectivity index (χ4v) is 1.75. The van der Waals surface area contributed by atoms with Crippen LogP contribution in [-0.4, -0.2) is 23.6 Å². The zero-order valence-electron chi connectivity index (χ0n) is 11.6. The molecule has 2 rings (SSSR count). The Labute approximate surface area is 119 Å². The lowest BCUT2D eigenvalue weighted by atomic mass is 10.3. The molecule has 21 heavy (non-hydrogen) atoms. The van der Waals surface area contributed by atoms with E-state index in [2.05, 4.69) is 15.3 Å². The Bertz CT molecular complexity index is 584. The number of rotatable bonds is 5. The van der Waals surface area contributed by atoms with Gasteiger partial charge in [0, 0.05) is 31.8 Å².